The molecule has 0 saturated carbocycles. The average molecular weight is 191 g/mol. The summed E-state index contributed by atoms with van der Waals surface area (Å²) in [6.45, 7) is 0.540. The van der Waals surface area contributed by atoms with Gasteiger partial charge >= 0.3 is 0 Å². The van der Waals surface area contributed by atoms with Crippen molar-refractivity contribution in [2.75, 3.05) is 6.54 Å². The first-order chi connectivity index (χ1) is 6.83. The van der Waals surface area contributed by atoms with Crippen LogP contribution in [0.4, 0.5) is 0 Å². The Morgan fingerprint density at radius 1 is 1.36 bits per heavy atom. The summed E-state index contributed by atoms with van der Waals surface area (Å²) in [5, 5.41) is 9.92. The topological polar surface area (TPSA) is 46.2 Å². The molecule has 0 radical (unpaired) electrons. The van der Waals surface area contributed by atoms with Crippen LogP contribution >= 0.6 is 0 Å². The van der Waals surface area contributed by atoms with E-state index in [4.69, 9.17) is 5.73 Å². The first kappa shape index (κ1) is 9.69. The van der Waals surface area contributed by atoms with Gasteiger partial charge in [0, 0.05) is 12.5 Å². The minimum Gasteiger partial charge on any atom is -0.392 e. The van der Waals surface area contributed by atoms with Crippen molar-refractivity contribution in [2.24, 2.45) is 5.73 Å². The fourth-order valence-corrected chi connectivity index (χ4v) is 2.32. The van der Waals surface area contributed by atoms with Crippen molar-refractivity contribution < 1.29 is 5.11 Å². The molecule has 2 heteroatoms. The zero-order chi connectivity index (χ0) is 9.97. The molecule has 2 rings (SSSR count). The van der Waals surface area contributed by atoms with Crippen molar-refractivity contribution >= 4 is 0 Å². The second-order valence-corrected chi connectivity index (χ2v) is 4.00. The van der Waals surface area contributed by atoms with Gasteiger partial charge in [-0.25, -0.2) is 0 Å². The summed E-state index contributed by atoms with van der Waals surface area (Å²) in [6.07, 6.45) is 2.75. The van der Waals surface area contributed by atoms with Crippen molar-refractivity contribution in [2.45, 2.75) is 31.3 Å². The smallest absolute Gasteiger partial charge is 0.0621 e. The minimum absolute atomic E-state index is 0.133. The van der Waals surface area contributed by atoms with Gasteiger partial charge in [0.1, 0.15) is 0 Å². The maximum atomic E-state index is 9.92. The predicted molar refractivity (Wildman–Crippen MR) is 57.2 cm³/mol. The van der Waals surface area contributed by atoms with Crippen molar-refractivity contribution in [3.63, 3.8) is 0 Å². The van der Waals surface area contributed by atoms with E-state index in [-0.39, 0.29) is 12.0 Å². The van der Waals surface area contributed by atoms with E-state index in [9.17, 15) is 5.11 Å². The van der Waals surface area contributed by atoms with Gasteiger partial charge in [-0.3, -0.25) is 0 Å². The number of aliphatic hydroxyl groups is 1. The van der Waals surface area contributed by atoms with Gasteiger partial charge in [0.2, 0.25) is 0 Å². The van der Waals surface area contributed by atoms with Crippen LogP contribution in [0, 0.1) is 0 Å². The van der Waals surface area contributed by atoms with Gasteiger partial charge in [-0.15, -0.1) is 0 Å². The van der Waals surface area contributed by atoms with Crippen molar-refractivity contribution in [3.05, 3.63) is 35.4 Å². The molecule has 1 aliphatic rings. The number of hydrogen-bond donors (Lipinski definition) is 2. The molecule has 3 N–H and O–H groups in total. The number of hydrogen-bond acceptors (Lipinski definition) is 2. The molecule has 2 nitrogen and oxygen atoms in total. The van der Waals surface area contributed by atoms with E-state index < -0.39 is 0 Å². The predicted octanol–water partition coefficient (Wildman–Crippen LogP) is 1.43. The van der Waals surface area contributed by atoms with Crippen LogP contribution in [0.25, 0.3) is 0 Å². The van der Waals surface area contributed by atoms with Crippen LogP contribution in [0.3, 0.4) is 0 Å². The first-order valence-electron chi connectivity index (χ1n) is 5.29. The van der Waals surface area contributed by atoms with Gasteiger partial charge in [0.15, 0.2) is 0 Å². The SMILES string of the molecule is NC[C@H]1c2ccccc2CCC[C@@H]1O. The first-order valence-corrected chi connectivity index (χ1v) is 5.29. The van der Waals surface area contributed by atoms with Gasteiger partial charge in [0.05, 0.1) is 6.10 Å². The lowest BCUT2D eigenvalue weighted by molar-refractivity contribution is 0.137. The van der Waals surface area contributed by atoms with E-state index in [1.54, 1.807) is 0 Å². The van der Waals surface area contributed by atoms with E-state index in [0.29, 0.717) is 6.54 Å². The Morgan fingerprint density at radius 2 is 2.14 bits per heavy atom. The highest BCUT2D eigenvalue weighted by Gasteiger charge is 2.24. The summed E-state index contributed by atoms with van der Waals surface area (Å²) in [6, 6.07) is 8.33. The van der Waals surface area contributed by atoms with Crippen LogP contribution < -0.4 is 5.73 Å². The maximum absolute atomic E-state index is 9.92. The normalized spacial score (nSPS) is 26.7. The highest BCUT2D eigenvalue weighted by Crippen LogP contribution is 2.29. The maximum Gasteiger partial charge on any atom is 0.0621 e. The van der Waals surface area contributed by atoms with E-state index in [2.05, 4.69) is 18.2 Å². The molecule has 14 heavy (non-hydrogen) atoms. The zero-order valence-electron chi connectivity index (χ0n) is 8.32. The summed E-state index contributed by atoms with van der Waals surface area (Å²) in [5.74, 6) is 0.133. The second-order valence-electron chi connectivity index (χ2n) is 4.00. The van der Waals surface area contributed by atoms with Crippen LogP contribution in [-0.2, 0) is 6.42 Å². The van der Waals surface area contributed by atoms with Gasteiger partial charge < -0.3 is 10.8 Å². The monoisotopic (exact) mass is 191 g/mol. The fourth-order valence-electron chi connectivity index (χ4n) is 2.32. The highest BCUT2D eigenvalue weighted by atomic mass is 16.3. The molecule has 0 fully saturated rings. The molecule has 0 heterocycles. The van der Waals surface area contributed by atoms with Gasteiger partial charge in [-0.1, -0.05) is 24.3 Å². The van der Waals surface area contributed by atoms with E-state index in [1.807, 2.05) is 6.07 Å². The average Bonchev–Trinajstić information content (AvgIpc) is 2.36. The Kier molecular flexibility index (Phi) is 2.85. The molecule has 0 saturated heterocycles. The fraction of sp³-hybridized carbons (Fsp3) is 0.500. The molecule has 0 spiro atoms. The Hall–Kier alpha value is -0.860. The van der Waals surface area contributed by atoms with Crippen molar-refractivity contribution in [1.29, 1.82) is 0 Å². The third kappa shape index (κ3) is 1.68. The quantitative estimate of drug-likeness (QED) is 0.660. The lowest BCUT2D eigenvalue weighted by atomic mass is 9.91. The summed E-state index contributed by atoms with van der Waals surface area (Å²) >= 11 is 0. The molecule has 76 valence electrons. The lowest BCUT2D eigenvalue weighted by Gasteiger charge is -2.20. The van der Waals surface area contributed by atoms with Gasteiger partial charge in [-0.2, -0.15) is 0 Å². The summed E-state index contributed by atoms with van der Waals surface area (Å²) in [4.78, 5) is 0. The number of nitrogens with two attached hydrogens (primary N) is 1. The number of benzene rings is 1. The van der Waals surface area contributed by atoms with Gasteiger partial charge in [-0.05, 0) is 30.4 Å². The van der Waals surface area contributed by atoms with E-state index in [0.717, 1.165) is 19.3 Å². The van der Waals surface area contributed by atoms with Gasteiger partial charge in [0.25, 0.3) is 0 Å². The Labute approximate surface area is 84.7 Å². The molecule has 0 aliphatic heterocycles. The Morgan fingerprint density at radius 3 is 2.93 bits per heavy atom. The van der Waals surface area contributed by atoms with Crippen molar-refractivity contribution in [3.8, 4) is 0 Å². The van der Waals surface area contributed by atoms with E-state index in [1.165, 1.54) is 11.1 Å². The van der Waals surface area contributed by atoms with Crippen LogP contribution in [0.2, 0.25) is 0 Å². The molecule has 0 aromatic heterocycles. The molecule has 2 atom stereocenters. The van der Waals surface area contributed by atoms with Crippen LogP contribution in [0.15, 0.2) is 24.3 Å². The molecule has 0 amide bonds. The zero-order valence-corrected chi connectivity index (χ0v) is 8.32. The van der Waals surface area contributed by atoms with Crippen LogP contribution in [-0.4, -0.2) is 17.8 Å². The molecule has 0 bridgehead atoms. The second kappa shape index (κ2) is 4.11. The Balaban J connectivity index is 2.39. The summed E-state index contributed by atoms with van der Waals surface area (Å²) < 4.78 is 0. The standard InChI is InChI=1S/C12H17NO/c13-8-11-10-6-2-1-4-9(10)5-3-7-12(11)14/h1-2,4,6,11-12,14H,3,5,7-8,13H2/t11-,12-/m0/s1. The molecular weight excluding hydrogens is 174 g/mol. The summed E-state index contributed by atoms with van der Waals surface area (Å²) in [5.41, 5.74) is 8.33. The molecule has 1 aromatic carbocycles. The molecule has 1 aliphatic carbocycles. The summed E-state index contributed by atoms with van der Waals surface area (Å²) in [7, 11) is 0. The number of rotatable bonds is 1. The highest BCUT2D eigenvalue weighted by molar-refractivity contribution is 5.32. The Bertz CT molecular complexity index is 311. The molecule has 0 unspecified atom stereocenters. The molecular formula is C12H17NO. The van der Waals surface area contributed by atoms with E-state index >= 15 is 0 Å². The third-order valence-electron chi connectivity index (χ3n) is 3.12. The van der Waals surface area contributed by atoms with Crippen LogP contribution in [0.1, 0.15) is 29.9 Å². The van der Waals surface area contributed by atoms with Crippen molar-refractivity contribution in [1.82, 2.24) is 0 Å². The lowest BCUT2D eigenvalue weighted by Crippen LogP contribution is -2.25. The molecule has 1 aromatic rings. The third-order valence-corrected chi connectivity index (χ3v) is 3.12. The minimum atomic E-state index is -0.261. The number of aliphatic hydroxyl groups excluding tert-OH is 1. The van der Waals surface area contributed by atoms with Crippen LogP contribution in [0.5, 0.6) is 0 Å². The largest absolute Gasteiger partial charge is 0.392 e. The number of aryl methyl sites for hydroxylation is 1. The number of fused-ring (bicyclic) bond motifs is 1.